The van der Waals surface area contributed by atoms with Gasteiger partial charge in [-0.3, -0.25) is 15.0 Å². The maximum Gasteiger partial charge on any atom is 0.164 e. The minimum absolute atomic E-state index is 0.588. The van der Waals surface area contributed by atoms with Crippen molar-refractivity contribution in [1.29, 1.82) is 0 Å². The molecule has 7 rings (SSSR count). The van der Waals surface area contributed by atoms with Gasteiger partial charge in [0.2, 0.25) is 0 Å². The van der Waals surface area contributed by atoms with Crippen LogP contribution in [0.25, 0.3) is 67.9 Å². The first-order valence-electron chi connectivity index (χ1n) is 13.6. The van der Waals surface area contributed by atoms with Crippen LogP contribution in [0.3, 0.4) is 0 Å². The van der Waals surface area contributed by atoms with E-state index >= 15 is 0 Å². The number of aromatic nitrogens is 6. The van der Waals surface area contributed by atoms with Gasteiger partial charge in [-0.25, -0.2) is 15.0 Å². The third kappa shape index (κ3) is 5.29. The lowest BCUT2D eigenvalue weighted by atomic mass is 10.1. The molecule has 0 unspecified atom stereocenters. The Morgan fingerprint density at radius 3 is 1.10 bits per heavy atom. The summed E-state index contributed by atoms with van der Waals surface area (Å²) in [4.78, 5) is 28.4. The molecule has 6 nitrogen and oxygen atoms in total. The predicted molar refractivity (Wildman–Crippen MR) is 166 cm³/mol. The number of rotatable bonds is 6. The third-order valence-electron chi connectivity index (χ3n) is 6.90. The highest BCUT2D eigenvalue weighted by Gasteiger charge is 2.14. The zero-order chi connectivity index (χ0) is 28.1. The van der Waals surface area contributed by atoms with E-state index in [0.717, 1.165) is 50.5 Å². The third-order valence-corrected chi connectivity index (χ3v) is 6.90. The lowest BCUT2D eigenvalue weighted by Crippen LogP contribution is -2.00. The monoisotopic (exact) mass is 540 g/mol. The molecule has 6 heteroatoms. The van der Waals surface area contributed by atoms with Gasteiger partial charge >= 0.3 is 0 Å². The topological polar surface area (TPSA) is 77.3 Å². The summed E-state index contributed by atoms with van der Waals surface area (Å²) in [5, 5.41) is 0. The highest BCUT2D eigenvalue weighted by atomic mass is 15.0. The van der Waals surface area contributed by atoms with Gasteiger partial charge in [0.05, 0.1) is 17.1 Å². The molecule has 0 saturated carbocycles. The highest BCUT2D eigenvalue weighted by molar-refractivity contribution is 5.73. The van der Waals surface area contributed by atoms with Crippen molar-refractivity contribution >= 4 is 0 Å². The summed E-state index contributed by atoms with van der Waals surface area (Å²) in [5.41, 5.74) is 8.37. The van der Waals surface area contributed by atoms with Gasteiger partial charge in [0, 0.05) is 52.0 Å². The van der Waals surface area contributed by atoms with E-state index in [1.165, 1.54) is 0 Å². The number of benzene rings is 3. The molecular formula is C36H24N6. The van der Waals surface area contributed by atoms with Gasteiger partial charge in [-0.05, 0) is 48.5 Å². The Bertz CT molecular complexity index is 1860. The Kier molecular flexibility index (Phi) is 6.76. The van der Waals surface area contributed by atoms with Crippen molar-refractivity contribution in [1.82, 2.24) is 29.9 Å². The van der Waals surface area contributed by atoms with Crippen LogP contribution in [0.5, 0.6) is 0 Å². The fourth-order valence-corrected chi connectivity index (χ4v) is 4.79. The van der Waals surface area contributed by atoms with Crippen molar-refractivity contribution in [3.63, 3.8) is 0 Å². The molecule has 3 aromatic carbocycles. The summed E-state index contributed by atoms with van der Waals surface area (Å²) >= 11 is 0. The van der Waals surface area contributed by atoms with Crippen LogP contribution in [-0.4, -0.2) is 29.9 Å². The zero-order valence-electron chi connectivity index (χ0n) is 22.5. The quantitative estimate of drug-likeness (QED) is 0.212. The molecule has 0 amide bonds. The first-order chi connectivity index (χ1) is 20.8. The average molecular weight is 541 g/mol. The number of hydrogen-bond donors (Lipinski definition) is 0. The normalized spacial score (nSPS) is 10.9. The second-order valence-electron chi connectivity index (χ2n) is 9.69. The summed E-state index contributed by atoms with van der Waals surface area (Å²) in [5.74, 6) is 1.77. The molecule has 0 bridgehead atoms. The van der Waals surface area contributed by atoms with E-state index in [0.29, 0.717) is 17.5 Å². The minimum atomic E-state index is 0.588. The minimum Gasteiger partial charge on any atom is -0.256 e. The van der Waals surface area contributed by atoms with Crippen LogP contribution in [0.1, 0.15) is 0 Å². The van der Waals surface area contributed by atoms with E-state index in [1.54, 1.807) is 18.6 Å². The molecule has 198 valence electrons. The maximum atomic E-state index is 4.96. The molecule has 7 aromatic rings. The molecule has 42 heavy (non-hydrogen) atoms. The summed E-state index contributed by atoms with van der Waals surface area (Å²) in [6, 6.07) is 42.1. The van der Waals surface area contributed by atoms with Gasteiger partial charge in [-0.15, -0.1) is 0 Å². The van der Waals surface area contributed by atoms with Crippen molar-refractivity contribution in [2.45, 2.75) is 0 Å². The summed E-state index contributed by atoms with van der Waals surface area (Å²) in [7, 11) is 0. The fourth-order valence-electron chi connectivity index (χ4n) is 4.79. The van der Waals surface area contributed by atoms with E-state index in [2.05, 4.69) is 27.1 Å². The van der Waals surface area contributed by atoms with Crippen molar-refractivity contribution in [3.8, 4) is 67.9 Å². The predicted octanol–water partition coefficient (Wildman–Crippen LogP) is 8.06. The van der Waals surface area contributed by atoms with Gasteiger partial charge in [0.1, 0.15) is 0 Å². The van der Waals surface area contributed by atoms with Crippen LogP contribution in [0.4, 0.5) is 0 Å². The van der Waals surface area contributed by atoms with Gasteiger partial charge in [0.15, 0.2) is 17.5 Å². The van der Waals surface area contributed by atoms with E-state index in [4.69, 9.17) is 15.0 Å². The SMILES string of the molecule is c1ccc(-c2ccc(-c3nc(-c4cccc(-c5ccccn5)c4)nc(-c4cccc(-c5ccccn5)c4)n3)cc2)nc1. The molecule has 0 saturated heterocycles. The van der Waals surface area contributed by atoms with Crippen LogP contribution < -0.4 is 0 Å². The van der Waals surface area contributed by atoms with Gasteiger partial charge in [-0.1, -0.05) is 78.9 Å². The molecule has 0 aliphatic heterocycles. The molecule has 0 N–H and O–H groups in total. The molecule has 0 atom stereocenters. The van der Waals surface area contributed by atoms with Crippen molar-refractivity contribution < 1.29 is 0 Å². The largest absolute Gasteiger partial charge is 0.256 e. The Balaban J connectivity index is 1.35. The molecule has 0 radical (unpaired) electrons. The van der Waals surface area contributed by atoms with Gasteiger partial charge in [-0.2, -0.15) is 0 Å². The van der Waals surface area contributed by atoms with E-state index in [9.17, 15) is 0 Å². The Morgan fingerprint density at radius 1 is 0.286 bits per heavy atom. The lowest BCUT2D eigenvalue weighted by molar-refractivity contribution is 1.07. The van der Waals surface area contributed by atoms with Crippen molar-refractivity contribution in [3.05, 3.63) is 146 Å². The van der Waals surface area contributed by atoms with Crippen LogP contribution in [0, 0.1) is 0 Å². The average Bonchev–Trinajstić information content (AvgIpc) is 3.09. The summed E-state index contributed by atoms with van der Waals surface area (Å²) in [6.45, 7) is 0. The Labute approximate surface area is 243 Å². The number of nitrogens with zero attached hydrogens (tertiary/aromatic N) is 6. The van der Waals surface area contributed by atoms with E-state index in [-0.39, 0.29) is 0 Å². The molecule has 4 aromatic heterocycles. The maximum absolute atomic E-state index is 4.96. The van der Waals surface area contributed by atoms with Crippen molar-refractivity contribution in [2.24, 2.45) is 0 Å². The zero-order valence-corrected chi connectivity index (χ0v) is 22.5. The number of pyridine rings is 3. The van der Waals surface area contributed by atoms with Crippen LogP contribution in [0.15, 0.2) is 146 Å². The Morgan fingerprint density at radius 2 is 0.667 bits per heavy atom. The van der Waals surface area contributed by atoms with Gasteiger partial charge in [0.25, 0.3) is 0 Å². The number of hydrogen-bond acceptors (Lipinski definition) is 6. The highest BCUT2D eigenvalue weighted by Crippen LogP contribution is 2.30. The first kappa shape index (κ1) is 25.1. The van der Waals surface area contributed by atoms with Crippen LogP contribution >= 0.6 is 0 Å². The second kappa shape index (κ2) is 11.3. The fraction of sp³-hybridized carbons (Fsp3) is 0. The first-order valence-corrected chi connectivity index (χ1v) is 13.6. The smallest absolute Gasteiger partial charge is 0.164 e. The molecular weight excluding hydrogens is 516 g/mol. The van der Waals surface area contributed by atoms with Crippen LogP contribution in [-0.2, 0) is 0 Å². The standard InChI is InChI=1S/C36H24N6/c1-4-20-37-31(13-1)25-16-18-26(19-17-25)34-40-35(29-11-7-9-27(23-29)32-14-2-5-21-38-32)42-36(41-34)30-12-8-10-28(24-30)33-15-3-6-22-39-33/h1-24H. The van der Waals surface area contributed by atoms with Crippen LogP contribution in [0.2, 0.25) is 0 Å². The summed E-state index contributed by atoms with van der Waals surface area (Å²) in [6.07, 6.45) is 5.39. The second-order valence-corrected chi connectivity index (χ2v) is 9.69. The van der Waals surface area contributed by atoms with E-state index in [1.807, 2.05) is 115 Å². The molecule has 0 aliphatic rings. The molecule has 0 fully saturated rings. The lowest BCUT2D eigenvalue weighted by Gasteiger charge is -2.10. The van der Waals surface area contributed by atoms with Gasteiger partial charge < -0.3 is 0 Å². The molecule has 0 spiro atoms. The summed E-state index contributed by atoms with van der Waals surface area (Å²) < 4.78 is 0. The van der Waals surface area contributed by atoms with E-state index < -0.39 is 0 Å². The Hall–Kier alpha value is -5.88. The molecule has 4 heterocycles. The van der Waals surface area contributed by atoms with Crippen molar-refractivity contribution in [2.75, 3.05) is 0 Å². The molecule has 0 aliphatic carbocycles.